The molecule has 0 aromatic carbocycles. The Morgan fingerprint density at radius 3 is 2.88 bits per heavy atom. The highest BCUT2D eigenvalue weighted by molar-refractivity contribution is 5.76. The number of nitrogens with zero attached hydrogens (tertiary/aromatic N) is 3. The number of aryl methyl sites for hydroxylation is 1. The molecule has 6 nitrogen and oxygen atoms in total. The van der Waals surface area contributed by atoms with Gasteiger partial charge in [-0.05, 0) is 30.9 Å². The predicted molar refractivity (Wildman–Crippen MR) is 90.0 cm³/mol. The highest BCUT2D eigenvalue weighted by Gasteiger charge is 2.25. The number of aromatic nitrogens is 3. The molecular weight excluding hydrogens is 304 g/mol. The highest BCUT2D eigenvalue weighted by Crippen LogP contribution is 2.26. The summed E-state index contributed by atoms with van der Waals surface area (Å²) >= 11 is 0. The van der Waals surface area contributed by atoms with E-state index in [2.05, 4.69) is 27.4 Å². The zero-order valence-corrected chi connectivity index (χ0v) is 14.1. The van der Waals surface area contributed by atoms with Crippen molar-refractivity contribution in [1.82, 2.24) is 20.4 Å². The first kappa shape index (κ1) is 16.6. The Kier molecular flexibility index (Phi) is 5.56. The first-order chi connectivity index (χ1) is 11.8. The molecule has 1 aliphatic rings. The van der Waals surface area contributed by atoms with E-state index in [1.54, 1.807) is 12.4 Å². The van der Waals surface area contributed by atoms with Gasteiger partial charge in [0.25, 0.3) is 0 Å². The third-order valence-electron chi connectivity index (χ3n) is 4.75. The minimum Gasteiger partial charge on any atom is -0.353 e. The number of carbonyl (C=O) groups excluding carboxylic acids is 1. The van der Waals surface area contributed by atoms with Gasteiger partial charge in [0.15, 0.2) is 0 Å². The molecule has 6 heteroatoms. The van der Waals surface area contributed by atoms with Crippen LogP contribution in [-0.2, 0) is 11.2 Å². The second kappa shape index (κ2) is 8.04. The van der Waals surface area contributed by atoms with Crippen molar-refractivity contribution in [2.24, 2.45) is 5.92 Å². The Morgan fingerprint density at radius 2 is 2.08 bits per heavy atom. The van der Waals surface area contributed by atoms with Crippen LogP contribution in [0.15, 0.2) is 29.0 Å². The molecule has 128 valence electrons. The van der Waals surface area contributed by atoms with E-state index >= 15 is 0 Å². The molecule has 1 N–H and O–H groups in total. The van der Waals surface area contributed by atoms with Crippen LogP contribution in [0.3, 0.4) is 0 Å². The molecule has 0 radical (unpaired) electrons. The molecule has 0 saturated heterocycles. The van der Waals surface area contributed by atoms with Crippen molar-refractivity contribution >= 4 is 5.91 Å². The van der Waals surface area contributed by atoms with Crippen LogP contribution in [0, 0.1) is 5.92 Å². The molecule has 2 atom stereocenters. The number of nitrogens with one attached hydrogen (secondary N) is 1. The van der Waals surface area contributed by atoms with E-state index in [0.29, 0.717) is 36.5 Å². The molecule has 0 aliphatic heterocycles. The van der Waals surface area contributed by atoms with Gasteiger partial charge in [-0.25, -0.2) is 0 Å². The maximum absolute atomic E-state index is 12.2. The molecule has 24 heavy (non-hydrogen) atoms. The molecule has 1 amide bonds. The summed E-state index contributed by atoms with van der Waals surface area (Å²) in [6.07, 6.45) is 10.2. The maximum atomic E-state index is 12.2. The van der Waals surface area contributed by atoms with E-state index in [1.807, 2.05) is 12.1 Å². The summed E-state index contributed by atoms with van der Waals surface area (Å²) in [5.41, 5.74) is 0.859. The second-order valence-corrected chi connectivity index (χ2v) is 6.37. The van der Waals surface area contributed by atoms with Gasteiger partial charge in [0.1, 0.15) is 0 Å². The highest BCUT2D eigenvalue weighted by atomic mass is 16.5. The Hall–Kier alpha value is -2.24. The lowest BCUT2D eigenvalue weighted by Gasteiger charge is -2.31. The first-order valence-electron chi connectivity index (χ1n) is 8.78. The molecule has 1 saturated carbocycles. The molecule has 2 heterocycles. The van der Waals surface area contributed by atoms with Crippen molar-refractivity contribution < 1.29 is 9.32 Å². The summed E-state index contributed by atoms with van der Waals surface area (Å²) in [6.45, 7) is 2.20. The van der Waals surface area contributed by atoms with Gasteiger partial charge >= 0.3 is 0 Å². The monoisotopic (exact) mass is 328 g/mol. The van der Waals surface area contributed by atoms with Gasteiger partial charge in [-0.15, -0.1) is 0 Å². The SMILES string of the molecule is CC[C@H]1CCCC[C@@H]1NC(=O)CCc1nc(-c2ccncc2)no1. The fourth-order valence-electron chi connectivity index (χ4n) is 3.36. The molecule has 0 unspecified atom stereocenters. The Morgan fingerprint density at radius 1 is 1.29 bits per heavy atom. The fourth-order valence-corrected chi connectivity index (χ4v) is 3.36. The number of pyridine rings is 1. The van der Waals surface area contributed by atoms with Crippen LogP contribution in [0.5, 0.6) is 0 Å². The fraction of sp³-hybridized carbons (Fsp3) is 0.556. The van der Waals surface area contributed by atoms with Gasteiger partial charge in [0, 0.05) is 36.8 Å². The zero-order valence-electron chi connectivity index (χ0n) is 14.1. The van der Waals surface area contributed by atoms with Crippen LogP contribution in [0.1, 0.15) is 51.3 Å². The van der Waals surface area contributed by atoms with E-state index in [9.17, 15) is 4.79 Å². The van der Waals surface area contributed by atoms with E-state index in [4.69, 9.17) is 4.52 Å². The van der Waals surface area contributed by atoms with E-state index < -0.39 is 0 Å². The van der Waals surface area contributed by atoms with Crippen molar-refractivity contribution in [2.45, 2.75) is 57.9 Å². The van der Waals surface area contributed by atoms with Gasteiger partial charge in [-0.3, -0.25) is 9.78 Å². The summed E-state index contributed by atoms with van der Waals surface area (Å²) in [5, 5.41) is 7.15. The van der Waals surface area contributed by atoms with Crippen LogP contribution in [0.4, 0.5) is 0 Å². The summed E-state index contributed by atoms with van der Waals surface area (Å²) in [4.78, 5) is 20.5. The largest absolute Gasteiger partial charge is 0.353 e. The van der Waals surface area contributed by atoms with Crippen LogP contribution in [-0.4, -0.2) is 27.1 Å². The number of rotatable bonds is 6. The zero-order chi connectivity index (χ0) is 16.8. The molecule has 0 bridgehead atoms. The molecule has 2 aromatic heterocycles. The van der Waals surface area contributed by atoms with Crippen molar-refractivity contribution in [1.29, 1.82) is 0 Å². The Balaban J connectivity index is 1.50. The molecule has 2 aromatic rings. The lowest BCUT2D eigenvalue weighted by molar-refractivity contribution is -0.122. The summed E-state index contributed by atoms with van der Waals surface area (Å²) < 4.78 is 5.24. The Labute approximate surface area is 142 Å². The van der Waals surface area contributed by atoms with Crippen LogP contribution in [0.2, 0.25) is 0 Å². The number of amides is 1. The standard InChI is InChI=1S/C18H24N4O2/c1-2-13-5-3-4-6-15(13)20-16(23)7-8-17-21-18(22-24-17)14-9-11-19-12-10-14/h9-13,15H,2-8H2,1H3,(H,20,23)/t13-,15-/m0/s1. The normalized spacial score (nSPS) is 20.7. The van der Waals surface area contributed by atoms with Gasteiger partial charge in [0.05, 0.1) is 0 Å². The van der Waals surface area contributed by atoms with Crippen molar-refractivity contribution in [2.75, 3.05) is 0 Å². The van der Waals surface area contributed by atoms with Gasteiger partial charge in [-0.1, -0.05) is 31.3 Å². The first-order valence-corrected chi connectivity index (χ1v) is 8.78. The molecule has 1 fully saturated rings. The van der Waals surface area contributed by atoms with E-state index in [-0.39, 0.29) is 5.91 Å². The number of hydrogen-bond donors (Lipinski definition) is 1. The molecular formula is C18H24N4O2. The molecule has 1 aliphatic carbocycles. The topological polar surface area (TPSA) is 80.9 Å². The lowest BCUT2D eigenvalue weighted by atomic mass is 9.83. The summed E-state index contributed by atoms with van der Waals surface area (Å²) in [5.74, 6) is 1.71. The van der Waals surface area contributed by atoms with Gasteiger partial charge in [0.2, 0.25) is 17.6 Å². The average molecular weight is 328 g/mol. The van der Waals surface area contributed by atoms with Gasteiger partial charge < -0.3 is 9.84 Å². The number of carbonyl (C=O) groups is 1. The van der Waals surface area contributed by atoms with E-state index in [1.165, 1.54) is 19.3 Å². The maximum Gasteiger partial charge on any atom is 0.227 e. The molecule has 3 rings (SSSR count). The minimum absolute atomic E-state index is 0.0732. The van der Waals surface area contributed by atoms with Crippen molar-refractivity contribution in [3.05, 3.63) is 30.4 Å². The predicted octanol–water partition coefficient (Wildman–Crippen LogP) is 3.15. The number of hydrogen-bond acceptors (Lipinski definition) is 5. The van der Waals surface area contributed by atoms with Gasteiger partial charge in [-0.2, -0.15) is 4.98 Å². The quantitative estimate of drug-likeness (QED) is 0.881. The summed E-state index contributed by atoms with van der Waals surface area (Å²) in [7, 11) is 0. The van der Waals surface area contributed by atoms with E-state index in [0.717, 1.165) is 18.4 Å². The minimum atomic E-state index is 0.0732. The smallest absolute Gasteiger partial charge is 0.227 e. The van der Waals surface area contributed by atoms with Crippen molar-refractivity contribution in [3.8, 4) is 11.4 Å². The van der Waals surface area contributed by atoms with Crippen LogP contribution >= 0.6 is 0 Å². The van der Waals surface area contributed by atoms with Crippen LogP contribution in [0.25, 0.3) is 11.4 Å². The third kappa shape index (κ3) is 4.19. The second-order valence-electron chi connectivity index (χ2n) is 6.37. The Bertz CT molecular complexity index is 656. The van der Waals surface area contributed by atoms with Crippen molar-refractivity contribution in [3.63, 3.8) is 0 Å². The van der Waals surface area contributed by atoms with Crippen LogP contribution < -0.4 is 5.32 Å². The third-order valence-corrected chi connectivity index (χ3v) is 4.75. The molecule has 0 spiro atoms. The average Bonchev–Trinajstić information content (AvgIpc) is 3.10. The summed E-state index contributed by atoms with van der Waals surface area (Å²) in [6, 6.07) is 3.98. The lowest BCUT2D eigenvalue weighted by Crippen LogP contribution is -2.42.